The maximum absolute atomic E-state index is 12.4. The van der Waals surface area contributed by atoms with E-state index >= 15 is 0 Å². The summed E-state index contributed by atoms with van der Waals surface area (Å²) in [5, 5.41) is 3.30. The van der Waals surface area contributed by atoms with Gasteiger partial charge in [0, 0.05) is 18.5 Å². The Morgan fingerprint density at radius 1 is 1.47 bits per heavy atom. The summed E-state index contributed by atoms with van der Waals surface area (Å²) >= 11 is 0. The van der Waals surface area contributed by atoms with Gasteiger partial charge in [0.05, 0.1) is 12.1 Å². The normalized spacial score (nSPS) is 12.0. The summed E-state index contributed by atoms with van der Waals surface area (Å²) in [5.74, 6) is -0.413. The number of nitrogens with zero attached hydrogens (tertiary/aromatic N) is 3. The van der Waals surface area contributed by atoms with Gasteiger partial charge in [-0.3, -0.25) is 4.79 Å². The van der Waals surface area contributed by atoms with E-state index < -0.39 is 17.7 Å². The maximum Gasteiger partial charge on any atom is 0.435 e. The number of hydrogen-bond acceptors (Lipinski definition) is 4. The summed E-state index contributed by atoms with van der Waals surface area (Å²) in [6.07, 6.45) is -2.19. The average Bonchev–Trinajstić information content (AvgIpc) is 2.70. The van der Waals surface area contributed by atoms with E-state index in [1.807, 2.05) is 0 Å². The van der Waals surface area contributed by atoms with Crippen molar-refractivity contribution in [1.29, 1.82) is 0 Å². The highest BCUT2D eigenvalue weighted by Crippen LogP contribution is 2.28. The first-order valence-corrected chi connectivity index (χ1v) is 4.57. The lowest BCUT2D eigenvalue weighted by Gasteiger charge is -1.99. The molecule has 0 aliphatic heterocycles. The van der Waals surface area contributed by atoms with Crippen molar-refractivity contribution in [2.45, 2.75) is 6.18 Å². The minimum Gasteiger partial charge on any atom is -0.324 e. The molecule has 0 bridgehead atoms. The van der Waals surface area contributed by atoms with Crippen molar-refractivity contribution in [2.75, 3.05) is 6.54 Å². The summed E-state index contributed by atoms with van der Waals surface area (Å²) in [7, 11) is 0. The van der Waals surface area contributed by atoms with Gasteiger partial charge in [-0.1, -0.05) is 0 Å². The Kier molecular flexibility index (Phi) is 2.58. The van der Waals surface area contributed by atoms with Crippen LogP contribution in [0.3, 0.4) is 0 Å². The standard InChI is InChI=1S/C9H7F3N4O/c10-9(11,12)7-1-8-14-3-5(6(17)2-13)4-16(8)15-7/h1,3-4H,2,13H2. The summed E-state index contributed by atoms with van der Waals surface area (Å²) in [6.45, 7) is -0.236. The van der Waals surface area contributed by atoms with Crippen LogP contribution in [-0.2, 0) is 6.18 Å². The molecule has 0 spiro atoms. The molecule has 0 aromatic carbocycles. The van der Waals surface area contributed by atoms with Crippen LogP contribution in [0.25, 0.3) is 5.65 Å². The van der Waals surface area contributed by atoms with Gasteiger partial charge in [-0.2, -0.15) is 18.3 Å². The number of carbonyl (C=O) groups is 1. The second kappa shape index (κ2) is 3.81. The molecule has 0 amide bonds. The molecule has 0 unspecified atom stereocenters. The molecule has 0 aliphatic rings. The Balaban J connectivity index is 2.52. The molecule has 0 atom stereocenters. The third-order valence-corrected chi connectivity index (χ3v) is 2.11. The number of aromatic nitrogens is 3. The largest absolute Gasteiger partial charge is 0.435 e. The number of carbonyl (C=O) groups excluding carboxylic acids is 1. The molecule has 8 heteroatoms. The van der Waals surface area contributed by atoms with E-state index in [9.17, 15) is 18.0 Å². The lowest BCUT2D eigenvalue weighted by atomic mass is 10.2. The first-order valence-electron chi connectivity index (χ1n) is 4.57. The number of rotatable bonds is 2. The Morgan fingerprint density at radius 3 is 2.76 bits per heavy atom. The zero-order valence-corrected chi connectivity index (χ0v) is 8.40. The zero-order valence-electron chi connectivity index (χ0n) is 8.40. The predicted octanol–water partition coefficient (Wildman–Crippen LogP) is 0.889. The molecule has 0 aliphatic carbocycles. The molecule has 17 heavy (non-hydrogen) atoms. The lowest BCUT2D eigenvalue weighted by molar-refractivity contribution is -0.141. The Labute approximate surface area is 93.1 Å². The van der Waals surface area contributed by atoms with Crippen LogP contribution in [0.2, 0.25) is 0 Å². The monoisotopic (exact) mass is 244 g/mol. The van der Waals surface area contributed by atoms with Gasteiger partial charge < -0.3 is 5.73 Å². The molecule has 0 saturated carbocycles. The smallest absolute Gasteiger partial charge is 0.324 e. The highest BCUT2D eigenvalue weighted by Gasteiger charge is 2.34. The van der Waals surface area contributed by atoms with Crippen LogP contribution in [0, 0.1) is 0 Å². The van der Waals surface area contributed by atoms with Crippen molar-refractivity contribution in [1.82, 2.24) is 14.6 Å². The summed E-state index contributed by atoms with van der Waals surface area (Å²) < 4.78 is 38.0. The fourth-order valence-electron chi connectivity index (χ4n) is 1.28. The second-order valence-electron chi connectivity index (χ2n) is 3.30. The minimum absolute atomic E-state index is 0.0193. The number of fused-ring (bicyclic) bond motifs is 1. The molecule has 90 valence electrons. The third-order valence-electron chi connectivity index (χ3n) is 2.11. The minimum atomic E-state index is -4.54. The van der Waals surface area contributed by atoms with Crippen LogP contribution < -0.4 is 5.73 Å². The van der Waals surface area contributed by atoms with E-state index in [1.165, 1.54) is 12.4 Å². The van der Waals surface area contributed by atoms with Crippen LogP contribution in [0.15, 0.2) is 18.5 Å². The van der Waals surface area contributed by atoms with Gasteiger partial charge in [0.15, 0.2) is 17.1 Å². The Hall–Kier alpha value is -1.96. The molecule has 2 aromatic heterocycles. The zero-order chi connectivity index (χ0) is 12.6. The van der Waals surface area contributed by atoms with E-state index in [0.717, 1.165) is 10.6 Å². The SMILES string of the molecule is NCC(=O)c1cnc2cc(C(F)(F)F)nn2c1. The predicted molar refractivity (Wildman–Crippen MR) is 51.4 cm³/mol. The van der Waals surface area contributed by atoms with E-state index in [1.54, 1.807) is 0 Å². The quantitative estimate of drug-likeness (QED) is 0.796. The van der Waals surface area contributed by atoms with Gasteiger partial charge in [-0.15, -0.1) is 0 Å². The van der Waals surface area contributed by atoms with E-state index in [2.05, 4.69) is 10.1 Å². The molecule has 0 saturated heterocycles. The fourth-order valence-corrected chi connectivity index (χ4v) is 1.28. The van der Waals surface area contributed by atoms with Gasteiger partial charge in [0.1, 0.15) is 0 Å². The molecule has 0 fully saturated rings. The van der Waals surface area contributed by atoms with Crippen molar-refractivity contribution in [2.24, 2.45) is 5.73 Å². The number of alkyl halides is 3. The molecule has 0 radical (unpaired) electrons. The molecule has 2 heterocycles. The third kappa shape index (κ3) is 2.11. The second-order valence-corrected chi connectivity index (χ2v) is 3.30. The summed E-state index contributed by atoms with van der Waals surface area (Å²) in [4.78, 5) is 14.9. The lowest BCUT2D eigenvalue weighted by Crippen LogP contribution is -2.14. The van der Waals surface area contributed by atoms with Crippen molar-refractivity contribution in [3.05, 3.63) is 29.7 Å². The number of Topliss-reactive ketones (excluding diaryl/α,β-unsaturated/α-hetero) is 1. The van der Waals surface area contributed by atoms with E-state index in [-0.39, 0.29) is 17.8 Å². The van der Waals surface area contributed by atoms with Gasteiger partial charge >= 0.3 is 6.18 Å². The number of halogens is 3. The van der Waals surface area contributed by atoms with Crippen LogP contribution in [0.4, 0.5) is 13.2 Å². The first kappa shape index (κ1) is 11.5. The molecular formula is C9H7F3N4O. The highest BCUT2D eigenvalue weighted by atomic mass is 19.4. The Morgan fingerprint density at radius 2 is 2.18 bits per heavy atom. The Bertz CT molecular complexity index is 575. The molecule has 2 rings (SSSR count). The highest BCUT2D eigenvalue weighted by molar-refractivity contribution is 5.97. The van der Waals surface area contributed by atoms with Gasteiger partial charge in [-0.25, -0.2) is 9.50 Å². The van der Waals surface area contributed by atoms with Crippen LogP contribution in [0.5, 0.6) is 0 Å². The van der Waals surface area contributed by atoms with Crippen LogP contribution in [-0.4, -0.2) is 26.9 Å². The number of hydrogen-bond donors (Lipinski definition) is 1. The molecular weight excluding hydrogens is 237 g/mol. The van der Waals surface area contributed by atoms with Gasteiger partial charge in [0.2, 0.25) is 0 Å². The van der Waals surface area contributed by atoms with Crippen molar-refractivity contribution < 1.29 is 18.0 Å². The average molecular weight is 244 g/mol. The summed E-state index contributed by atoms with van der Waals surface area (Å²) in [5.41, 5.74) is 4.22. The first-order chi connectivity index (χ1) is 7.91. The van der Waals surface area contributed by atoms with Gasteiger partial charge in [0.25, 0.3) is 0 Å². The van der Waals surface area contributed by atoms with Crippen LogP contribution in [0.1, 0.15) is 16.1 Å². The number of nitrogens with two attached hydrogens (primary N) is 1. The van der Waals surface area contributed by atoms with E-state index in [0.29, 0.717) is 0 Å². The molecule has 5 nitrogen and oxygen atoms in total. The van der Waals surface area contributed by atoms with Crippen molar-refractivity contribution in [3.8, 4) is 0 Å². The van der Waals surface area contributed by atoms with Gasteiger partial charge in [-0.05, 0) is 0 Å². The topological polar surface area (TPSA) is 73.3 Å². The van der Waals surface area contributed by atoms with Crippen LogP contribution >= 0.6 is 0 Å². The fraction of sp³-hybridized carbons (Fsp3) is 0.222. The van der Waals surface area contributed by atoms with E-state index in [4.69, 9.17) is 5.73 Å². The van der Waals surface area contributed by atoms with Crippen molar-refractivity contribution >= 4 is 11.4 Å². The molecule has 2 N–H and O–H groups in total. The number of ketones is 1. The molecule has 2 aromatic rings. The maximum atomic E-state index is 12.4. The van der Waals surface area contributed by atoms with Crippen molar-refractivity contribution in [3.63, 3.8) is 0 Å². The summed E-state index contributed by atoms with van der Waals surface area (Å²) in [6, 6.07) is 0.802.